The molecule has 2 aromatic rings. The van der Waals surface area contributed by atoms with E-state index < -0.39 is 0 Å². The molecule has 2 N–H and O–H groups in total. The smallest absolute Gasteiger partial charge is 0.191 e. The molecule has 1 atom stereocenters. The number of aryl methyl sites for hydroxylation is 1. The Morgan fingerprint density at radius 3 is 2.72 bits per heavy atom. The monoisotopic (exact) mass is 516 g/mol. The van der Waals surface area contributed by atoms with Crippen LogP contribution in [0.25, 0.3) is 0 Å². The minimum Gasteiger partial charge on any atom is -0.493 e. The Labute approximate surface area is 188 Å². The summed E-state index contributed by atoms with van der Waals surface area (Å²) in [6.45, 7) is 1.81. The Morgan fingerprint density at radius 1 is 1.24 bits per heavy atom. The van der Waals surface area contributed by atoms with Gasteiger partial charge >= 0.3 is 0 Å². The Balaban J connectivity index is 0.00000300. The molecule has 0 radical (unpaired) electrons. The fraction of sp³-hybridized carbons (Fsp3) is 0.526. The van der Waals surface area contributed by atoms with Gasteiger partial charge in [-0.05, 0) is 24.1 Å². The SMILES string of the molecule is CN=C(NCc1ccc(OC)c(OC)c1)NC1CCc2nc(COC)nn2C1.I. The molecule has 2 heterocycles. The van der Waals surface area contributed by atoms with Gasteiger partial charge in [-0.1, -0.05) is 6.07 Å². The molecule has 1 unspecified atom stereocenters. The number of aromatic nitrogens is 3. The molecule has 29 heavy (non-hydrogen) atoms. The van der Waals surface area contributed by atoms with Gasteiger partial charge in [0.2, 0.25) is 0 Å². The number of hydrogen-bond acceptors (Lipinski definition) is 6. The summed E-state index contributed by atoms with van der Waals surface area (Å²) in [4.78, 5) is 8.85. The maximum atomic E-state index is 5.36. The number of aliphatic imine (C=N–C) groups is 1. The normalized spacial score (nSPS) is 15.9. The maximum Gasteiger partial charge on any atom is 0.191 e. The van der Waals surface area contributed by atoms with Crippen molar-refractivity contribution in [3.63, 3.8) is 0 Å². The average Bonchev–Trinajstić information content (AvgIpc) is 3.12. The molecule has 0 saturated carbocycles. The van der Waals surface area contributed by atoms with E-state index in [-0.39, 0.29) is 30.0 Å². The second-order valence-corrected chi connectivity index (χ2v) is 6.55. The zero-order valence-electron chi connectivity index (χ0n) is 17.3. The number of benzene rings is 1. The predicted molar refractivity (Wildman–Crippen MR) is 121 cm³/mol. The number of ether oxygens (including phenoxy) is 3. The standard InChI is InChI=1S/C19H28N6O3.HI/c1-20-19(21-10-13-5-7-15(27-3)16(9-13)28-4)22-14-6-8-18-23-17(12-26-2)24-25(18)11-14;/h5,7,9,14H,6,8,10-12H2,1-4H3,(H2,20,21,22);1H. The number of nitrogens with zero attached hydrogens (tertiary/aromatic N) is 4. The first-order valence-corrected chi connectivity index (χ1v) is 9.26. The number of hydrogen-bond donors (Lipinski definition) is 2. The molecule has 3 rings (SSSR count). The van der Waals surface area contributed by atoms with Crippen molar-refractivity contribution in [1.29, 1.82) is 0 Å². The van der Waals surface area contributed by atoms with Crippen LogP contribution in [0.15, 0.2) is 23.2 Å². The van der Waals surface area contributed by atoms with Crippen LogP contribution in [0.5, 0.6) is 11.5 Å². The van der Waals surface area contributed by atoms with Crippen molar-refractivity contribution in [2.24, 2.45) is 4.99 Å². The van der Waals surface area contributed by atoms with Gasteiger partial charge < -0.3 is 24.8 Å². The van der Waals surface area contributed by atoms with E-state index in [1.807, 2.05) is 22.9 Å². The minimum absolute atomic E-state index is 0. The van der Waals surface area contributed by atoms with Gasteiger partial charge in [-0.15, -0.1) is 24.0 Å². The number of methoxy groups -OCH3 is 3. The van der Waals surface area contributed by atoms with E-state index >= 15 is 0 Å². The molecule has 1 aromatic heterocycles. The Bertz CT molecular complexity index is 826. The zero-order chi connectivity index (χ0) is 19.9. The number of rotatable bonds is 7. The van der Waals surface area contributed by atoms with Crippen molar-refractivity contribution in [1.82, 2.24) is 25.4 Å². The molecular formula is C19H29IN6O3. The van der Waals surface area contributed by atoms with Crippen molar-refractivity contribution >= 4 is 29.9 Å². The van der Waals surface area contributed by atoms with Gasteiger partial charge in [0.05, 0.1) is 20.8 Å². The fourth-order valence-electron chi connectivity index (χ4n) is 3.23. The average molecular weight is 516 g/mol. The van der Waals surface area contributed by atoms with Crippen LogP contribution in [0.4, 0.5) is 0 Å². The number of fused-ring (bicyclic) bond motifs is 1. The summed E-state index contributed by atoms with van der Waals surface area (Å²) in [6, 6.07) is 6.10. The summed E-state index contributed by atoms with van der Waals surface area (Å²) >= 11 is 0. The predicted octanol–water partition coefficient (Wildman–Crippen LogP) is 1.74. The Hall–Kier alpha value is -2.08. The molecule has 0 bridgehead atoms. The molecule has 0 spiro atoms. The molecule has 1 aromatic carbocycles. The lowest BCUT2D eigenvalue weighted by Crippen LogP contribution is -2.46. The second-order valence-electron chi connectivity index (χ2n) is 6.55. The number of nitrogens with one attached hydrogen (secondary N) is 2. The van der Waals surface area contributed by atoms with Crippen molar-refractivity contribution in [3.05, 3.63) is 35.4 Å². The second kappa shape index (κ2) is 11.2. The van der Waals surface area contributed by atoms with Crippen LogP contribution in [-0.4, -0.2) is 55.1 Å². The van der Waals surface area contributed by atoms with Crippen LogP contribution in [0.2, 0.25) is 0 Å². The van der Waals surface area contributed by atoms with Crippen LogP contribution in [-0.2, 0) is 30.9 Å². The lowest BCUT2D eigenvalue weighted by Gasteiger charge is -2.25. The van der Waals surface area contributed by atoms with Crippen molar-refractivity contribution < 1.29 is 14.2 Å². The van der Waals surface area contributed by atoms with Gasteiger partial charge in [0.1, 0.15) is 12.4 Å². The molecule has 9 nitrogen and oxygen atoms in total. The highest BCUT2D eigenvalue weighted by molar-refractivity contribution is 14.0. The molecule has 160 valence electrons. The number of guanidine groups is 1. The summed E-state index contributed by atoms with van der Waals surface area (Å²) < 4.78 is 17.7. The Kier molecular flexibility index (Phi) is 8.96. The van der Waals surface area contributed by atoms with Crippen LogP contribution in [0.1, 0.15) is 23.6 Å². The summed E-state index contributed by atoms with van der Waals surface area (Å²) in [6.07, 6.45) is 1.85. The highest BCUT2D eigenvalue weighted by atomic mass is 127. The third-order valence-corrected chi connectivity index (χ3v) is 4.65. The van der Waals surface area contributed by atoms with Gasteiger partial charge in [0.15, 0.2) is 23.3 Å². The fourth-order valence-corrected chi connectivity index (χ4v) is 3.23. The largest absolute Gasteiger partial charge is 0.493 e. The molecule has 0 amide bonds. The first-order chi connectivity index (χ1) is 13.7. The van der Waals surface area contributed by atoms with E-state index in [1.165, 1.54) is 0 Å². The first kappa shape index (κ1) is 23.2. The van der Waals surface area contributed by atoms with Crippen molar-refractivity contribution in [3.8, 4) is 11.5 Å². The lowest BCUT2D eigenvalue weighted by molar-refractivity contribution is 0.177. The topological polar surface area (TPSA) is 94.8 Å². The minimum atomic E-state index is 0. The van der Waals surface area contributed by atoms with Gasteiger partial charge in [-0.25, -0.2) is 9.67 Å². The molecule has 0 saturated heterocycles. The van der Waals surface area contributed by atoms with Crippen molar-refractivity contribution in [2.45, 2.75) is 38.6 Å². The molecule has 1 aliphatic heterocycles. The third kappa shape index (κ3) is 5.95. The summed E-state index contributed by atoms with van der Waals surface area (Å²) in [5.41, 5.74) is 1.08. The molecule has 10 heteroatoms. The summed E-state index contributed by atoms with van der Waals surface area (Å²) in [5.74, 6) is 3.92. The van der Waals surface area contributed by atoms with Crippen LogP contribution < -0.4 is 20.1 Å². The molecule has 0 aliphatic carbocycles. The quantitative estimate of drug-likeness (QED) is 0.329. The van der Waals surface area contributed by atoms with E-state index in [4.69, 9.17) is 14.2 Å². The van der Waals surface area contributed by atoms with E-state index in [1.54, 1.807) is 28.4 Å². The van der Waals surface area contributed by atoms with Crippen LogP contribution >= 0.6 is 24.0 Å². The highest BCUT2D eigenvalue weighted by Crippen LogP contribution is 2.27. The Morgan fingerprint density at radius 2 is 2.03 bits per heavy atom. The van der Waals surface area contributed by atoms with E-state index in [0.717, 1.165) is 42.6 Å². The van der Waals surface area contributed by atoms with E-state index in [2.05, 4.69) is 25.7 Å². The zero-order valence-corrected chi connectivity index (χ0v) is 19.6. The summed E-state index contributed by atoms with van der Waals surface area (Å²) in [5, 5.41) is 11.3. The van der Waals surface area contributed by atoms with Gasteiger partial charge in [-0.3, -0.25) is 4.99 Å². The lowest BCUT2D eigenvalue weighted by atomic mass is 10.1. The maximum absolute atomic E-state index is 5.36. The van der Waals surface area contributed by atoms with Gasteiger partial charge in [0.25, 0.3) is 0 Å². The van der Waals surface area contributed by atoms with E-state index in [9.17, 15) is 0 Å². The molecule has 1 aliphatic rings. The van der Waals surface area contributed by atoms with Crippen LogP contribution in [0.3, 0.4) is 0 Å². The van der Waals surface area contributed by atoms with Crippen LogP contribution in [0, 0.1) is 0 Å². The van der Waals surface area contributed by atoms with Gasteiger partial charge in [0, 0.05) is 33.2 Å². The third-order valence-electron chi connectivity index (χ3n) is 4.65. The highest BCUT2D eigenvalue weighted by Gasteiger charge is 2.22. The summed E-state index contributed by atoms with van der Waals surface area (Å²) in [7, 11) is 6.68. The van der Waals surface area contributed by atoms with Crippen molar-refractivity contribution in [2.75, 3.05) is 28.4 Å². The molecular weight excluding hydrogens is 487 g/mol. The molecule has 0 fully saturated rings. The first-order valence-electron chi connectivity index (χ1n) is 9.26. The number of halogens is 1. The van der Waals surface area contributed by atoms with E-state index in [0.29, 0.717) is 24.7 Å². The van der Waals surface area contributed by atoms with Gasteiger partial charge in [-0.2, -0.15) is 5.10 Å².